The molecule has 0 aliphatic carbocycles. The molecule has 0 spiro atoms. The van der Waals surface area contributed by atoms with Gasteiger partial charge in [0.05, 0.1) is 5.43 Å². The number of H-pyrrole nitrogens is 1. The van der Waals surface area contributed by atoms with Crippen molar-refractivity contribution < 1.29 is 0 Å². The maximum atomic E-state index is 3.20. The molecule has 1 N–H and O–H groups in total. The molecule has 1 nitrogen and oxygen atoms in total. The molecule has 0 bridgehead atoms. The van der Waals surface area contributed by atoms with E-state index in [1.165, 1.54) is 19.2 Å². The van der Waals surface area contributed by atoms with Gasteiger partial charge in [0.15, 0.2) is 0 Å². The largest absolute Gasteiger partial charge is 0.357 e. The van der Waals surface area contributed by atoms with Gasteiger partial charge in [0.1, 0.15) is 0 Å². The fourth-order valence-corrected chi connectivity index (χ4v) is 1.76. The summed E-state index contributed by atoms with van der Waals surface area (Å²) in [6.07, 6.45) is 1.98. The molecule has 1 aromatic carbocycles. The van der Waals surface area contributed by atoms with E-state index >= 15 is 0 Å². The molecular formula is C9H8NP. The molecule has 0 amide bonds. The van der Waals surface area contributed by atoms with Crippen LogP contribution in [0.3, 0.4) is 0 Å². The lowest BCUT2D eigenvalue weighted by Crippen LogP contribution is -1.70. The average Bonchev–Trinajstić information content (AvgIpc) is 2.58. The van der Waals surface area contributed by atoms with Crippen molar-refractivity contribution in [2.75, 3.05) is 0 Å². The molecule has 0 saturated carbocycles. The van der Waals surface area contributed by atoms with Crippen LogP contribution in [-0.4, -0.2) is 4.98 Å². The van der Waals surface area contributed by atoms with Crippen LogP contribution in [0.25, 0.3) is 11.0 Å². The zero-order valence-corrected chi connectivity index (χ0v) is 6.88. The summed E-state index contributed by atoms with van der Waals surface area (Å²) in [7, 11) is 1.26. The third kappa shape index (κ3) is 1.33. The molecule has 0 saturated heterocycles. The van der Waals surface area contributed by atoms with Gasteiger partial charge in [0.2, 0.25) is 0 Å². The van der Waals surface area contributed by atoms with Crippen LogP contribution in [0.5, 0.6) is 0 Å². The summed E-state index contributed by atoms with van der Waals surface area (Å²) in [5.41, 5.74) is 2.55. The van der Waals surface area contributed by atoms with E-state index in [1.807, 2.05) is 12.3 Å². The van der Waals surface area contributed by atoms with Gasteiger partial charge in [-0.3, -0.25) is 0 Å². The molecule has 0 aliphatic rings. The molecular weight excluding hydrogens is 153 g/mol. The monoisotopic (exact) mass is 161 g/mol. The highest BCUT2D eigenvalue weighted by Gasteiger charge is 1.93. The lowest BCUT2D eigenvalue weighted by Gasteiger charge is -1.93. The van der Waals surface area contributed by atoms with E-state index in [-0.39, 0.29) is 0 Å². The van der Waals surface area contributed by atoms with E-state index in [0.717, 1.165) is 0 Å². The molecule has 0 aliphatic heterocycles. The Labute approximate surface area is 67.2 Å². The van der Waals surface area contributed by atoms with E-state index < -0.39 is 0 Å². The minimum atomic E-state index is 1.26. The minimum absolute atomic E-state index is 1.26. The lowest BCUT2D eigenvalue weighted by atomic mass is 10.2. The summed E-state index contributed by atoms with van der Waals surface area (Å²) in [5, 5.41) is 0. The molecule has 0 atom stereocenters. The zero-order chi connectivity index (χ0) is 7.52. The normalized spacial score (nSPS) is 10.5. The first-order chi connectivity index (χ1) is 5.47. The van der Waals surface area contributed by atoms with Gasteiger partial charge < -0.3 is 4.98 Å². The summed E-state index contributed by atoms with van der Waals surface area (Å²) in [6.45, 7) is 0. The third-order valence-electron chi connectivity index (χ3n) is 1.55. The molecule has 2 heteroatoms. The zero-order valence-electron chi connectivity index (χ0n) is 5.99. The van der Waals surface area contributed by atoms with Crippen molar-refractivity contribution in [1.29, 1.82) is 0 Å². The number of hydrogen-bond donors (Lipinski definition) is 1. The molecule has 11 heavy (non-hydrogen) atoms. The van der Waals surface area contributed by atoms with Gasteiger partial charge in [-0.15, -0.1) is 0 Å². The Morgan fingerprint density at radius 1 is 1.09 bits per heavy atom. The summed E-state index contributed by atoms with van der Waals surface area (Å²) >= 11 is 0. The average molecular weight is 161 g/mol. The highest BCUT2D eigenvalue weighted by Crippen LogP contribution is 2.24. The fraction of sp³-hybridized carbons (Fsp3) is 0. The van der Waals surface area contributed by atoms with E-state index in [2.05, 4.69) is 35.0 Å². The number of aromatic amines is 1. The SMILES string of the molecule is c1ccc(-c2[nH]ccp2)cc1. The Kier molecular flexibility index (Phi) is 1.74. The Balaban J connectivity index is 2.46. The van der Waals surface area contributed by atoms with Gasteiger partial charge in [0.25, 0.3) is 0 Å². The van der Waals surface area contributed by atoms with Gasteiger partial charge in [-0.25, -0.2) is 0 Å². The van der Waals surface area contributed by atoms with Gasteiger partial charge >= 0.3 is 0 Å². The number of aromatic nitrogens is 1. The van der Waals surface area contributed by atoms with Crippen molar-refractivity contribution >= 4 is 8.19 Å². The maximum absolute atomic E-state index is 3.20. The minimum Gasteiger partial charge on any atom is -0.357 e. The topological polar surface area (TPSA) is 15.8 Å². The summed E-state index contributed by atoms with van der Waals surface area (Å²) in [6, 6.07) is 10.4. The van der Waals surface area contributed by atoms with Crippen LogP contribution in [-0.2, 0) is 0 Å². The first kappa shape index (κ1) is 6.63. The number of hydrogen-bond acceptors (Lipinski definition) is 0. The lowest BCUT2D eigenvalue weighted by molar-refractivity contribution is 1.41. The Morgan fingerprint density at radius 2 is 1.91 bits per heavy atom. The predicted octanol–water partition coefficient (Wildman–Crippen LogP) is 3.26. The molecule has 2 rings (SSSR count). The maximum Gasteiger partial charge on any atom is 0.0729 e. The van der Waals surface area contributed by atoms with Crippen LogP contribution < -0.4 is 0 Å². The van der Waals surface area contributed by atoms with E-state index in [4.69, 9.17) is 0 Å². The van der Waals surface area contributed by atoms with E-state index in [9.17, 15) is 0 Å². The van der Waals surface area contributed by atoms with Crippen LogP contribution in [0.1, 0.15) is 0 Å². The standard InChI is InChI=1S/C9H8NP/c1-2-4-8(5-3-1)9-10-6-7-11-9/h1-7,10H. The van der Waals surface area contributed by atoms with Crippen LogP contribution in [0.15, 0.2) is 42.3 Å². The first-order valence-corrected chi connectivity index (χ1v) is 4.48. The first-order valence-electron chi connectivity index (χ1n) is 3.51. The molecule has 54 valence electrons. The quantitative estimate of drug-likeness (QED) is 0.660. The summed E-state index contributed by atoms with van der Waals surface area (Å²) in [4.78, 5) is 3.20. The number of nitrogens with one attached hydrogen (secondary N) is 1. The highest BCUT2D eigenvalue weighted by atomic mass is 31.0. The second-order valence-corrected chi connectivity index (χ2v) is 3.31. The van der Waals surface area contributed by atoms with Crippen molar-refractivity contribution in [2.24, 2.45) is 0 Å². The number of benzene rings is 1. The Bertz CT molecular complexity index is 313. The molecule has 0 unspecified atom stereocenters. The van der Waals surface area contributed by atoms with Crippen LogP contribution in [0, 0.1) is 0 Å². The summed E-state index contributed by atoms with van der Waals surface area (Å²) < 4.78 is 0. The smallest absolute Gasteiger partial charge is 0.0729 e. The van der Waals surface area contributed by atoms with Crippen molar-refractivity contribution in [1.82, 2.24) is 4.98 Å². The third-order valence-corrected chi connectivity index (χ3v) is 2.49. The fourth-order valence-electron chi connectivity index (χ4n) is 1.02. The van der Waals surface area contributed by atoms with Crippen molar-refractivity contribution in [2.45, 2.75) is 0 Å². The molecule has 0 fully saturated rings. The van der Waals surface area contributed by atoms with Crippen molar-refractivity contribution in [3.8, 4) is 11.0 Å². The second kappa shape index (κ2) is 2.89. The van der Waals surface area contributed by atoms with Gasteiger partial charge in [-0.05, 0) is 14.0 Å². The van der Waals surface area contributed by atoms with Crippen molar-refractivity contribution in [3.05, 3.63) is 42.3 Å². The molecule has 2 aromatic rings. The summed E-state index contributed by atoms with van der Waals surface area (Å²) in [5.74, 6) is 2.10. The molecule has 1 aromatic heterocycles. The van der Waals surface area contributed by atoms with Gasteiger partial charge in [-0.1, -0.05) is 30.3 Å². The van der Waals surface area contributed by atoms with Gasteiger partial charge in [-0.2, -0.15) is 0 Å². The van der Waals surface area contributed by atoms with E-state index in [0.29, 0.717) is 0 Å². The Hall–Kier alpha value is -1.07. The van der Waals surface area contributed by atoms with Crippen LogP contribution in [0.2, 0.25) is 0 Å². The second-order valence-electron chi connectivity index (χ2n) is 2.30. The van der Waals surface area contributed by atoms with Crippen molar-refractivity contribution in [3.63, 3.8) is 0 Å². The number of rotatable bonds is 1. The molecule has 1 heterocycles. The molecule has 0 radical (unpaired) electrons. The van der Waals surface area contributed by atoms with Crippen LogP contribution >= 0.6 is 8.19 Å². The van der Waals surface area contributed by atoms with Crippen LogP contribution in [0.4, 0.5) is 0 Å². The highest BCUT2D eigenvalue weighted by molar-refractivity contribution is 7.32. The van der Waals surface area contributed by atoms with Gasteiger partial charge in [0, 0.05) is 11.8 Å². The Morgan fingerprint density at radius 3 is 2.55 bits per heavy atom. The predicted molar refractivity (Wildman–Crippen MR) is 48.7 cm³/mol. The van der Waals surface area contributed by atoms with E-state index in [1.54, 1.807) is 0 Å².